The number of rotatable bonds is 2. The second kappa shape index (κ2) is 3.49. The summed E-state index contributed by atoms with van der Waals surface area (Å²) in [7, 11) is 0. The van der Waals surface area contributed by atoms with Gasteiger partial charge in [-0.2, -0.15) is 0 Å². The van der Waals surface area contributed by atoms with Crippen LogP contribution in [0.15, 0.2) is 12.0 Å². The molecule has 0 fully saturated rings. The van der Waals surface area contributed by atoms with Crippen LogP contribution in [0.25, 0.3) is 5.70 Å². The van der Waals surface area contributed by atoms with E-state index >= 15 is 0 Å². The minimum Gasteiger partial charge on any atom is -0.308 e. The average Bonchev–Trinajstić information content (AvgIpc) is 2.62. The first-order valence-electron chi connectivity index (χ1n) is 5.11. The Morgan fingerprint density at radius 1 is 1.53 bits per heavy atom. The van der Waals surface area contributed by atoms with Crippen molar-refractivity contribution in [3.63, 3.8) is 0 Å². The Hall–Kier alpha value is -1.09. The number of thiophene rings is 1. The highest BCUT2D eigenvalue weighted by Crippen LogP contribution is 2.37. The van der Waals surface area contributed by atoms with Crippen LogP contribution >= 0.6 is 11.3 Å². The summed E-state index contributed by atoms with van der Waals surface area (Å²) in [5.41, 5.74) is 2.77. The molecule has 0 N–H and O–H groups in total. The van der Waals surface area contributed by atoms with Gasteiger partial charge in [-0.3, -0.25) is 4.79 Å². The first-order valence-corrected chi connectivity index (χ1v) is 5.99. The zero-order chi connectivity index (χ0) is 11.2. The number of carbonyl (C=O) groups is 1. The van der Waals surface area contributed by atoms with Crippen molar-refractivity contribution in [1.82, 2.24) is 4.90 Å². The number of fused-ring (bicyclic) bond motifs is 1. The Labute approximate surface area is 94.2 Å². The van der Waals surface area contributed by atoms with Gasteiger partial charge >= 0.3 is 0 Å². The van der Waals surface area contributed by atoms with Crippen molar-refractivity contribution in [2.45, 2.75) is 20.8 Å². The lowest BCUT2D eigenvalue weighted by Crippen LogP contribution is -2.27. The first kappa shape index (κ1) is 10.4. The fraction of sp³-hybridized carbons (Fsp3) is 0.417. The highest BCUT2D eigenvalue weighted by molar-refractivity contribution is 7.10. The maximum atomic E-state index is 12.0. The van der Waals surface area contributed by atoms with E-state index in [2.05, 4.69) is 20.4 Å². The van der Waals surface area contributed by atoms with Crippen LogP contribution in [0.5, 0.6) is 0 Å². The normalized spacial score (nSPS) is 15.3. The summed E-state index contributed by atoms with van der Waals surface area (Å²) in [6.45, 7) is 11.0. The molecule has 0 aliphatic carbocycles. The van der Waals surface area contributed by atoms with Gasteiger partial charge in [-0.05, 0) is 12.8 Å². The molecule has 3 heteroatoms. The molecule has 15 heavy (non-hydrogen) atoms. The van der Waals surface area contributed by atoms with Crippen molar-refractivity contribution in [1.29, 1.82) is 0 Å². The van der Waals surface area contributed by atoms with Crippen LogP contribution in [0.2, 0.25) is 0 Å². The Bertz CT molecular complexity index is 431. The van der Waals surface area contributed by atoms with E-state index in [9.17, 15) is 4.79 Å². The van der Waals surface area contributed by atoms with Crippen molar-refractivity contribution in [2.24, 2.45) is 5.92 Å². The third kappa shape index (κ3) is 1.51. The molecule has 1 aromatic rings. The minimum atomic E-state index is 0.119. The molecule has 2 rings (SSSR count). The lowest BCUT2D eigenvalue weighted by Gasteiger charge is -2.20. The van der Waals surface area contributed by atoms with Crippen LogP contribution in [0, 0.1) is 12.8 Å². The molecule has 0 atom stereocenters. The van der Waals surface area contributed by atoms with Gasteiger partial charge < -0.3 is 4.90 Å². The first-order chi connectivity index (χ1) is 7.02. The minimum absolute atomic E-state index is 0.119. The monoisotopic (exact) mass is 221 g/mol. The van der Waals surface area contributed by atoms with Crippen molar-refractivity contribution >= 4 is 22.9 Å². The number of aryl methyl sites for hydroxylation is 1. The Morgan fingerprint density at radius 3 is 2.73 bits per heavy atom. The van der Waals surface area contributed by atoms with Gasteiger partial charge in [0, 0.05) is 28.1 Å². The number of nitrogens with zero attached hydrogens (tertiary/aromatic N) is 1. The molecule has 0 unspecified atom stereocenters. The molecule has 2 nitrogen and oxygen atoms in total. The summed E-state index contributed by atoms with van der Waals surface area (Å²) < 4.78 is 0. The standard InChI is InChI=1S/C12H15NOS/c1-7(2)5-13-8(3)11-9(4)15-6-10(11)12(13)14/h6-7H,3,5H2,1-2,4H3. The molecule has 0 radical (unpaired) electrons. The molecule has 1 aliphatic heterocycles. The van der Waals surface area contributed by atoms with E-state index in [1.807, 2.05) is 12.3 Å². The quantitative estimate of drug-likeness (QED) is 0.751. The number of carbonyl (C=O) groups excluding carboxylic acids is 1. The molecule has 80 valence electrons. The van der Waals surface area contributed by atoms with Gasteiger partial charge in [0.1, 0.15) is 0 Å². The highest BCUT2D eigenvalue weighted by Gasteiger charge is 2.33. The summed E-state index contributed by atoms with van der Waals surface area (Å²) in [5.74, 6) is 0.590. The van der Waals surface area contributed by atoms with Gasteiger partial charge in [-0.25, -0.2) is 0 Å². The Morgan fingerprint density at radius 2 is 2.20 bits per heavy atom. The zero-order valence-corrected chi connectivity index (χ0v) is 10.1. The van der Waals surface area contributed by atoms with E-state index in [-0.39, 0.29) is 5.91 Å². The molecule has 0 saturated heterocycles. The lowest BCUT2D eigenvalue weighted by molar-refractivity contribution is 0.0839. The summed E-state index contributed by atoms with van der Waals surface area (Å²) >= 11 is 1.63. The van der Waals surface area contributed by atoms with Crippen LogP contribution in [-0.2, 0) is 0 Å². The van der Waals surface area contributed by atoms with Crippen molar-refractivity contribution < 1.29 is 4.79 Å². The lowest BCUT2D eigenvalue weighted by atomic mass is 10.1. The predicted octanol–water partition coefficient (Wildman–Crippen LogP) is 3.14. The van der Waals surface area contributed by atoms with E-state index in [0.29, 0.717) is 5.92 Å². The largest absolute Gasteiger partial charge is 0.308 e. The van der Waals surface area contributed by atoms with Crippen LogP contribution in [0.3, 0.4) is 0 Å². The SMILES string of the molecule is C=C1c2c(csc2C)C(=O)N1CC(C)C. The molecule has 2 heterocycles. The van der Waals surface area contributed by atoms with E-state index in [0.717, 1.165) is 23.4 Å². The molecule has 0 bridgehead atoms. The van der Waals surface area contributed by atoms with Crippen molar-refractivity contribution in [3.8, 4) is 0 Å². The summed E-state index contributed by atoms with van der Waals surface area (Å²) in [4.78, 5) is 15.0. The van der Waals surface area contributed by atoms with Crippen LogP contribution < -0.4 is 0 Å². The number of hydrogen-bond acceptors (Lipinski definition) is 2. The molecule has 0 spiro atoms. The van der Waals surface area contributed by atoms with Gasteiger partial charge in [-0.1, -0.05) is 20.4 Å². The Kier molecular flexibility index (Phi) is 2.43. The van der Waals surface area contributed by atoms with Gasteiger partial charge in [0.25, 0.3) is 5.91 Å². The van der Waals surface area contributed by atoms with Crippen LogP contribution in [0.1, 0.15) is 34.6 Å². The smallest absolute Gasteiger partial charge is 0.259 e. The number of amides is 1. The van der Waals surface area contributed by atoms with Crippen LogP contribution in [0.4, 0.5) is 0 Å². The van der Waals surface area contributed by atoms with E-state index in [1.165, 1.54) is 4.88 Å². The molecule has 1 aromatic heterocycles. The summed E-state index contributed by atoms with van der Waals surface area (Å²) in [6.07, 6.45) is 0. The third-order valence-electron chi connectivity index (χ3n) is 2.61. The predicted molar refractivity (Wildman–Crippen MR) is 64.0 cm³/mol. The van der Waals surface area contributed by atoms with E-state index in [1.54, 1.807) is 16.2 Å². The molecule has 1 amide bonds. The maximum Gasteiger partial charge on any atom is 0.259 e. The third-order valence-corrected chi connectivity index (χ3v) is 3.52. The molecular weight excluding hydrogens is 206 g/mol. The Balaban J connectivity index is 2.37. The van der Waals surface area contributed by atoms with E-state index in [4.69, 9.17) is 0 Å². The van der Waals surface area contributed by atoms with Gasteiger partial charge in [0.2, 0.25) is 0 Å². The average molecular weight is 221 g/mol. The highest BCUT2D eigenvalue weighted by atomic mass is 32.1. The fourth-order valence-corrected chi connectivity index (χ4v) is 2.79. The topological polar surface area (TPSA) is 20.3 Å². The van der Waals surface area contributed by atoms with E-state index < -0.39 is 0 Å². The van der Waals surface area contributed by atoms with Crippen molar-refractivity contribution in [3.05, 3.63) is 28.0 Å². The van der Waals surface area contributed by atoms with Crippen LogP contribution in [-0.4, -0.2) is 17.4 Å². The second-order valence-electron chi connectivity index (χ2n) is 4.34. The number of hydrogen-bond donors (Lipinski definition) is 0. The fourth-order valence-electron chi connectivity index (χ4n) is 1.93. The van der Waals surface area contributed by atoms with Crippen molar-refractivity contribution in [2.75, 3.05) is 6.54 Å². The molecule has 0 saturated carbocycles. The molecule has 0 aromatic carbocycles. The van der Waals surface area contributed by atoms with Gasteiger partial charge in [-0.15, -0.1) is 11.3 Å². The van der Waals surface area contributed by atoms with Gasteiger partial charge in [0.05, 0.1) is 5.56 Å². The molecular formula is C12H15NOS. The maximum absolute atomic E-state index is 12.0. The van der Waals surface area contributed by atoms with Gasteiger partial charge in [0.15, 0.2) is 0 Å². The second-order valence-corrected chi connectivity index (χ2v) is 5.42. The summed E-state index contributed by atoms with van der Waals surface area (Å²) in [5, 5.41) is 1.94. The zero-order valence-electron chi connectivity index (χ0n) is 9.33. The summed E-state index contributed by atoms with van der Waals surface area (Å²) in [6, 6.07) is 0. The molecule has 1 aliphatic rings.